The monoisotopic (exact) mass is 337 g/mol. The van der Waals surface area contributed by atoms with Gasteiger partial charge in [-0.1, -0.05) is 6.07 Å². The highest BCUT2D eigenvalue weighted by molar-refractivity contribution is 5.93. The summed E-state index contributed by atoms with van der Waals surface area (Å²) in [5.74, 6) is 1.74. The molecule has 1 aliphatic rings. The zero-order valence-corrected chi connectivity index (χ0v) is 13.6. The zero-order valence-electron chi connectivity index (χ0n) is 13.6. The molecule has 0 spiro atoms. The molecule has 25 heavy (non-hydrogen) atoms. The van der Waals surface area contributed by atoms with E-state index >= 15 is 0 Å². The van der Waals surface area contributed by atoms with Gasteiger partial charge in [0.05, 0.1) is 17.5 Å². The Morgan fingerprint density at radius 2 is 2.12 bits per heavy atom. The Balaban J connectivity index is 1.76. The number of hydrogen-bond donors (Lipinski definition) is 4. The first-order valence-corrected chi connectivity index (χ1v) is 8.36. The molecule has 0 radical (unpaired) electrons. The summed E-state index contributed by atoms with van der Waals surface area (Å²) in [6.45, 7) is 0. The van der Waals surface area contributed by atoms with E-state index in [1.807, 2.05) is 30.3 Å². The summed E-state index contributed by atoms with van der Waals surface area (Å²) in [6, 6.07) is 9.12. The Morgan fingerprint density at radius 3 is 2.88 bits per heavy atom. The molecule has 0 aromatic carbocycles. The fourth-order valence-electron chi connectivity index (χ4n) is 3.24. The number of aromatic amines is 1. The molecule has 1 fully saturated rings. The van der Waals surface area contributed by atoms with Gasteiger partial charge in [-0.2, -0.15) is 0 Å². The minimum absolute atomic E-state index is 0.0968. The predicted octanol–water partition coefficient (Wildman–Crippen LogP) is 2.39. The first-order chi connectivity index (χ1) is 12.2. The van der Waals surface area contributed by atoms with Crippen molar-refractivity contribution in [1.29, 1.82) is 0 Å². The molecule has 7 heteroatoms. The third kappa shape index (κ3) is 3.18. The molecule has 2 atom stereocenters. The highest BCUT2D eigenvalue weighted by Crippen LogP contribution is 2.27. The standard InChI is InChI=1S/C18H19N5O2/c24-13-5-3-4-12(13)21-17-16-11(7-9-20-18(16)25)10-15(23-17)22-14-6-1-2-8-19-14/h1-2,6-10,12-13,24H,3-5H2,(H,20,25)(H2,19,21,22,23)/t12-,13+/m0/s1. The summed E-state index contributed by atoms with van der Waals surface area (Å²) >= 11 is 0. The van der Waals surface area contributed by atoms with E-state index in [2.05, 4.69) is 25.6 Å². The Bertz CT molecular complexity index is 941. The molecule has 3 heterocycles. The molecule has 0 amide bonds. The molecule has 3 aromatic rings. The molecular weight excluding hydrogens is 318 g/mol. The number of anilines is 3. The highest BCUT2D eigenvalue weighted by atomic mass is 16.3. The lowest BCUT2D eigenvalue weighted by Gasteiger charge is -2.19. The van der Waals surface area contributed by atoms with Gasteiger partial charge in [-0.25, -0.2) is 9.97 Å². The molecule has 7 nitrogen and oxygen atoms in total. The molecule has 0 bridgehead atoms. The van der Waals surface area contributed by atoms with Crippen molar-refractivity contribution >= 4 is 28.2 Å². The van der Waals surface area contributed by atoms with Gasteiger partial charge in [0.1, 0.15) is 17.5 Å². The quantitative estimate of drug-likeness (QED) is 0.583. The molecule has 4 rings (SSSR count). The lowest BCUT2D eigenvalue weighted by Crippen LogP contribution is -2.29. The first-order valence-electron chi connectivity index (χ1n) is 8.36. The van der Waals surface area contributed by atoms with Gasteiger partial charge in [0.15, 0.2) is 0 Å². The number of nitrogens with zero attached hydrogens (tertiary/aromatic N) is 2. The van der Waals surface area contributed by atoms with E-state index in [1.165, 1.54) is 0 Å². The molecule has 4 N–H and O–H groups in total. The van der Waals surface area contributed by atoms with Crippen LogP contribution in [0.15, 0.2) is 47.5 Å². The van der Waals surface area contributed by atoms with Crippen molar-refractivity contribution in [3.05, 3.63) is 53.1 Å². The summed E-state index contributed by atoms with van der Waals surface area (Å²) < 4.78 is 0. The van der Waals surface area contributed by atoms with E-state index in [4.69, 9.17) is 0 Å². The molecule has 1 saturated carbocycles. The smallest absolute Gasteiger partial charge is 0.259 e. The van der Waals surface area contributed by atoms with Crippen molar-refractivity contribution in [3.8, 4) is 0 Å². The van der Waals surface area contributed by atoms with Gasteiger partial charge in [-0.05, 0) is 48.9 Å². The van der Waals surface area contributed by atoms with Gasteiger partial charge >= 0.3 is 0 Å². The maximum atomic E-state index is 12.3. The van der Waals surface area contributed by atoms with Crippen LogP contribution in [0, 0.1) is 0 Å². The van der Waals surface area contributed by atoms with Crippen LogP contribution in [0.1, 0.15) is 19.3 Å². The van der Waals surface area contributed by atoms with Crippen molar-refractivity contribution in [2.45, 2.75) is 31.4 Å². The average molecular weight is 337 g/mol. The fourth-order valence-corrected chi connectivity index (χ4v) is 3.24. The highest BCUT2D eigenvalue weighted by Gasteiger charge is 2.26. The molecule has 0 aliphatic heterocycles. The topological polar surface area (TPSA) is 103 Å². The summed E-state index contributed by atoms with van der Waals surface area (Å²) in [6.07, 6.45) is 5.46. The summed E-state index contributed by atoms with van der Waals surface area (Å²) in [4.78, 5) is 23.8. The van der Waals surface area contributed by atoms with Crippen molar-refractivity contribution in [1.82, 2.24) is 15.0 Å². The van der Waals surface area contributed by atoms with Gasteiger partial charge in [-0.15, -0.1) is 0 Å². The summed E-state index contributed by atoms with van der Waals surface area (Å²) in [5, 5.41) is 17.8. The van der Waals surface area contributed by atoms with Gasteiger partial charge in [0, 0.05) is 12.4 Å². The second-order valence-corrected chi connectivity index (χ2v) is 6.22. The number of pyridine rings is 3. The van der Waals surface area contributed by atoms with Gasteiger partial charge < -0.3 is 20.7 Å². The van der Waals surface area contributed by atoms with Crippen LogP contribution in [0.5, 0.6) is 0 Å². The van der Waals surface area contributed by atoms with Crippen LogP contribution in [-0.2, 0) is 0 Å². The average Bonchev–Trinajstić information content (AvgIpc) is 3.00. The van der Waals surface area contributed by atoms with E-state index < -0.39 is 6.10 Å². The third-order valence-corrected chi connectivity index (χ3v) is 4.48. The number of aliphatic hydroxyl groups is 1. The van der Waals surface area contributed by atoms with E-state index in [0.717, 1.165) is 24.6 Å². The Kier molecular flexibility index (Phi) is 4.07. The summed E-state index contributed by atoms with van der Waals surface area (Å²) in [5.41, 5.74) is -0.204. The van der Waals surface area contributed by atoms with Crippen LogP contribution in [0.4, 0.5) is 17.5 Å². The van der Waals surface area contributed by atoms with Crippen LogP contribution in [0.25, 0.3) is 10.8 Å². The van der Waals surface area contributed by atoms with E-state index in [9.17, 15) is 9.90 Å². The van der Waals surface area contributed by atoms with E-state index in [0.29, 0.717) is 22.8 Å². The molecule has 0 saturated heterocycles. The van der Waals surface area contributed by atoms with Crippen LogP contribution >= 0.6 is 0 Å². The lowest BCUT2D eigenvalue weighted by molar-refractivity contribution is 0.171. The molecular formula is C18H19N5O2. The minimum atomic E-state index is -0.424. The number of aliphatic hydroxyl groups excluding tert-OH is 1. The number of rotatable bonds is 4. The zero-order chi connectivity index (χ0) is 17.2. The van der Waals surface area contributed by atoms with Gasteiger partial charge in [0.2, 0.25) is 0 Å². The SMILES string of the molecule is O=c1[nH]ccc2cc(Nc3ccccn3)nc(N[C@H]3CCC[C@H]3O)c12. The third-order valence-electron chi connectivity index (χ3n) is 4.48. The van der Waals surface area contributed by atoms with E-state index in [-0.39, 0.29) is 11.6 Å². The van der Waals surface area contributed by atoms with Gasteiger partial charge in [0.25, 0.3) is 5.56 Å². The second-order valence-electron chi connectivity index (χ2n) is 6.22. The minimum Gasteiger partial charge on any atom is -0.391 e. The van der Waals surface area contributed by atoms with E-state index in [1.54, 1.807) is 12.4 Å². The maximum Gasteiger partial charge on any atom is 0.259 e. The van der Waals surface area contributed by atoms with Crippen LogP contribution in [-0.4, -0.2) is 32.2 Å². The number of fused-ring (bicyclic) bond motifs is 1. The number of hydrogen-bond acceptors (Lipinski definition) is 6. The number of nitrogens with one attached hydrogen (secondary N) is 3. The fraction of sp³-hybridized carbons (Fsp3) is 0.278. The molecule has 0 unspecified atom stereocenters. The summed E-state index contributed by atoms with van der Waals surface area (Å²) in [7, 11) is 0. The molecule has 1 aliphatic carbocycles. The van der Waals surface area contributed by atoms with Crippen LogP contribution < -0.4 is 16.2 Å². The lowest BCUT2D eigenvalue weighted by atomic mass is 10.1. The van der Waals surface area contributed by atoms with Crippen LogP contribution in [0.3, 0.4) is 0 Å². The largest absolute Gasteiger partial charge is 0.391 e. The maximum absolute atomic E-state index is 12.3. The van der Waals surface area contributed by atoms with Crippen molar-refractivity contribution in [2.75, 3.05) is 10.6 Å². The Labute approximate surface area is 144 Å². The van der Waals surface area contributed by atoms with Crippen molar-refractivity contribution in [2.24, 2.45) is 0 Å². The first kappa shape index (κ1) is 15.6. The second kappa shape index (κ2) is 6.52. The molecule has 3 aromatic heterocycles. The Morgan fingerprint density at radius 1 is 1.20 bits per heavy atom. The predicted molar refractivity (Wildman–Crippen MR) is 97.2 cm³/mol. The molecule has 128 valence electrons. The number of aromatic nitrogens is 3. The van der Waals surface area contributed by atoms with Crippen molar-refractivity contribution < 1.29 is 5.11 Å². The van der Waals surface area contributed by atoms with Crippen molar-refractivity contribution in [3.63, 3.8) is 0 Å². The van der Waals surface area contributed by atoms with Crippen LogP contribution in [0.2, 0.25) is 0 Å². The normalized spacial score (nSPS) is 19.9. The van der Waals surface area contributed by atoms with Gasteiger partial charge in [-0.3, -0.25) is 4.79 Å². The Hall–Kier alpha value is -2.93. The number of H-pyrrole nitrogens is 1.